The summed E-state index contributed by atoms with van der Waals surface area (Å²) in [5.74, 6) is 0. The van der Waals surface area contributed by atoms with E-state index in [0.29, 0.717) is 17.0 Å². The maximum absolute atomic E-state index is 13.2. The van der Waals surface area contributed by atoms with Gasteiger partial charge in [0.2, 0.25) is 0 Å². The maximum Gasteiger partial charge on any atom is 0.292 e. The van der Waals surface area contributed by atoms with Crippen LogP contribution in [0.4, 0.5) is 5.69 Å². The van der Waals surface area contributed by atoms with Gasteiger partial charge in [0, 0.05) is 33.7 Å². The van der Waals surface area contributed by atoms with Crippen LogP contribution in [0.25, 0.3) is 5.52 Å². The molecule has 5 rings (SSSR count). The van der Waals surface area contributed by atoms with Crippen molar-refractivity contribution in [3.63, 3.8) is 0 Å². The van der Waals surface area contributed by atoms with E-state index in [1.807, 2.05) is 66.1 Å². The minimum atomic E-state index is -3.94. The Kier molecular flexibility index (Phi) is 6.48. The van der Waals surface area contributed by atoms with Crippen molar-refractivity contribution >= 4 is 50.0 Å². The highest BCUT2D eigenvalue weighted by Gasteiger charge is 2.24. The molecule has 0 atom stereocenters. The van der Waals surface area contributed by atoms with Crippen molar-refractivity contribution in [2.24, 2.45) is 4.40 Å². The SMILES string of the molecule is Cc1c(Sc2ccc([N+](=O)[O-])cc2)c2ccccn2c1/C(=N\S(=O)(=O)c1cccs1)c1ccccc1. The predicted molar refractivity (Wildman–Crippen MR) is 143 cm³/mol. The summed E-state index contributed by atoms with van der Waals surface area (Å²) in [4.78, 5) is 12.4. The van der Waals surface area contributed by atoms with Crippen molar-refractivity contribution in [1.29, 1.82) is 0 Å². The summed E-state index contributed by atoms with van der Waals surface area (Å²) in [6, 6.07) is 24.6. The summed E-state index contributed by atoms with van der Waals surface area (Å²) in [5, 5.41) is 12.8. The van der Waals surface area contributed by atoms with E-state index in [2.05, 4.69) is 4.40 Å². The van der Waals surface area contributed by atoms with Gasteiger partial charge in [-0.1, -0.05) is 54.2 Å². The van der Waals surface area contributed by atoms with E-state index in [-0.39, 0.29) is 9.90 Å². The third-order valence-corrected chi connectivity index (χ3v) is 9.41. The fourth-order valence-electron chi connectivity index (χ4n) is 3.88. The first-order valence-corrected chi connectivity index (χ1v) is 13.9. The Balaban J connectivity index is 1.71. The zero-order valence-electron chi connectivity index (χ0n) is 18.9. The summed E-state index contributed by atoms with van der Waals surface area (Å²) < 4.78 is 32.9. The molecule has 0 bridgehead atoms. The molecule has 0 fully saturated rings. The molecule has 0 spiro atoms. The van der Waals surface area contributed by atoms with Crippen molar-refractivity contribution in [2.45, 2.75) is 20.9 Å². The van der Waals surface area contributed by atoms with E-state index < -0.39 is 14.9 Å². The molecule has 0 aliphatic carbocycles. The molecule has 0 aliphatic heterocycles. The number of hydrogen-bond acceptors (Lipinski definition) is 6. The van der Waals surface area contributed by atoms with Gasteiger partial charge in [-0.05, 0) is 48.2 Å². The number of fused-ring (bicyclic) bond motifs is 1. The topological polar surface area (TPSA) is 94.0 Å². The maximum atomic E-state index is 13.2. The average Bonchev–Trinajstić information content (AvgIpc) is 3.52. The second-order valence-corrected chi connectivity index (χ2v) is 11.7. The van der Waals surface area contributed by atoms with Gasteiger partial charge in [0.05, 0.1) is 16.1 Å². The summed E-state index contributed by atoms with van der Waals surface area (Å²) in [6.07, 6.45) is 1.88. The number of sulfonamides is 1. The van der Waals surface area contributed by atoms with Gasteiger partial charge in [-0.3, -0.25) is 10.1 Å². The number of hydrogen-bond donors (Lipinski definition) is 0. The molecule has 0 aliphatic rings. The second kappa shape index (κ2) is 9.73. The van der Waals surface area contributed by atoms with E-state index in [9.17, 15) is 18.5 Å². The zero-order valence-corrected chi connectivity index (χ0v) is 21.4. The van der Waals surface area contributed by atoms with Gasteiger partial charge in [0.1, 0.15) is 9.92 Å². The van der Waals surface area contributed by atoms with Gasteiger partial charge in [0.15, 0.2) is 0 Å². The highest BCUT2D eigenvalue weighted by Crippen LogP contribution is 2.38. The lowest BCUT2D eigenvalue weighted by molar-refractivity contribution is -0.384. The summed E-state index contributed by atoms with van der Waals surface area (Å²) >= 11 is 2.59. The van der Waals surface area contributed by atoms with Crippen molar-refractivity contribution in [3.8, 4) is 0 Å². The van der Waals surface area contributed by atoms with Crippen LogP contribution in [-0.2, 0) is 10.0 Å². The molecule has 7 nitrogen and oxygen atoms in total. The Morgan fingerprint density at radius 3 is 2.36 bits per heavy atom. The first kappa shape index (κ1) is 24.0. The van der Waals surface area contributed by atoms with Crippen molar-refractivity contribution in [2.75, 3.05) is 0 Å². The van der Waals surface area contributed by atoms with Crippen LogP contribution >= 0.6 is 23.1 Å². The largest absolute Gasteiger partial charge is 0.314 e. The molecule has 0 amide bonds. The number of non-ortho nitro benzene ring substituents is 1. The third-order valence-electron chi connectivity index (χ3n) is 5.53. The molecule has 10 heteroatoms. The lowest BCUT2D eigenvalue weighted by atomic mass is 10.1. The predicted octanol–water partition coefficient (Wildman–Crippen LogP) is 6.59. The summed E-state index contributed by atoms with van der Waals surface area (Å²) in [5.41, 5.74) is 3.45. The molecule has 36 heavy (non-hydrogen) atoms. The quantitative estimate of drug-likeness (QED) is 0.134. The lowest BCUT2D eigenvalue weighted by Crippen LogP contribution is -2.11. The van der Waals surface area contributed by atoms with Gasteiger partial charge < -0.3 is 4.40 Å². The fourth-order valence-corrected chi connectivity index (χ4v) is 6.90. The number of thiophene rings is 1. The van der Waals surface area contributed by atoms with Gasteiger partial charge in [-0.15, -0.1) is 11.3 Å². The van der Waals surface area contributed by atoms with Crippen molar-refractivity contribution < 1.29 is 13.3 Å². The number of aromatic nitrogens is 1. The first-order chi connectivity index (χ1) is 17.3. The van der Waals surface area contributed by atoms with Gasteiger partial charge in [0.25, 0.3) is 15.7 Å². The molecular formula is C26H19N3O4S3. The molecular weight excluding hydrogens is 515 g/mol. The zero-order chi connectivity index (χ0) is 25.3. The van der Waals surface area contributed by atoms with Crippen LogP contribution in [0.15, 0.2) is 115 Å². The normalized spacial score (nSPS) is 12.2. The molecule has 2 aromatic carbocycles. The molecule has 0 unspecified atom stereocenters. The van der Waals surface area contributed by atoms with E-state index in [0.717, 1.165) is 32.2 Å². The molecule has 3 aromatic heterocycles. The minimum absolute atomic E-state index is 0.0239. The highest BCUT2D eigenvalue weighted by molar-refractivity contribution is 7.99. The van der Waals surface area contributed by atoms with E-state index in [1.165, 1.54) is 23.9 Å². The van der Waals surface area contributed by atoms with E-state index in [1.54, 1.807) is 29.6 Å². The van der Waals surface area contributed by atoms with Gasteiger partial charge in [-0.25, -0.2) is 0 Å². The smallest absolute Gasteiger partial charge is 0.292 e. The first-order valence-electron chi connectivity index (χ1n) is 10.8. The average molecular weight is 534 g/mol. The number of benzene rings is 2. The molecule has 0 radical (unpaired) electrons. The standard InChI is InChI=1S/C26H19N3O4S3/c1-18-25(24(19-8-3-2-4-9-19)27-36(32,33)23-11-7-17-34-23)28-16-6-5-10-22(28)26(18)35-21-14-12-20(13-15-21)29(30)31/h2-17H,1H3/b27-24-. The van der Waals surface area contributed by atoms with Crippen LogP contribution < -0.4 is 0 Å². The van der Waals surface area contributed by atoms with Crippen LogP contribution in [0.3, 0.4) is 0 Å². The number of nitrogens with zero attached hydrogens (tertiary/aromatic N) is 3. The fraction of sp³-hybridized carbons (Fsp3) is 0.0385. The van der Waals surface area contributed by atoms with Crippen LogP contribution in [0.5, 0.6) is 0 Å². The third kappa shape index (κ3) is 4.58. The van der Waals surface area contributed by atoms with E-state index >= 15 is 0 Å². The van der Waals surface area contributed by atoms with Gasteiger partial charge in [-0.2, -0.15) is 12.8 Å². The molecule has 180 valence electrons. The summed E-state index contributed by atoms with van der Waals surface area (Å²) in [7, 11) is -3.94. The van der Waals surface area contributed by atoms with Gasteiger partial charge >= 0.3 is 0 Å². The van der Waals surface area contributed by atoms with Crippen LogP contribution in [0, 0.1) is 17.0 Å². The second-order valence-electron chi connectivity index (χ2n) is 7.82. The molecule has 0 N–H and O–H groups in total. The Morgan fingerprint density at radius 2 is 1.69 bits per heavy atom. The minimum Gasteiger partial charge on any atom is -0.314 e. The number of nitro groups is 1. The summed E-state index contributed by atoms with van der Waals surface area (Å²) in [6.45, 7) is 1.94. The highest BCUT2D eigenvalue weighted by atomic mass is 32.2. The molecule has 0 saturated carbocycles. The lowest BCUT2D eigenvalue weighted by Gasteiger charge is -2.10. The van der Waals surface area contributed by atoms with Crippen LogP contribution in [-0.4, -0.2) is 23.5 Å². The molecule has 0 saturated heterocycles. The number of pyridine rings is 1. The molecule has 3 heterocycles. The number of nitro benzene ring substituents is 1. The van der Waals surface area contributed by atoms with Crippen LogP contribution in [0.1, 0.15) is 16.8 Å². The Morgan fingerprint density at radius 1 is 0.972 bits per heavy atom. The van der Waals surface area contributed by atoms with E-state index in [4.69, 9.17) is 0 Å². The Bertz CT molecular complexity index is 1690. The Labute approximate surface area is 216 Å². The monoisotopic (exact) mass is 533 g/mol. The molecule has 5 aromatic rings. The van der Waals surface area contributed by atoms with Crippen LogP contribution in [0.2, 0.25) is 0 Å². The number of rotatable bonds is 7. The Hall–Kier alpha value is -3.73. The van der Waals surface area contributed by atoms with Crippen molar-refractivity contribution in [1.82, 2.24) is 4.40 Å². The van der Waals surface area contributed by atoms with Crippen molar-refractivity contribution in [3.05, 3.63) is 123 Å².